The molecule has 0 radical (unpaired) electrons. The van der Waals surface area contributed by atoms with Crippen molar-refractivity contribution >= 4 is 63.1 Å². The van der Waals surface area contributed by atoms with Crippen LogP contribution in [0.1, 0.15) is 109 Å². The number of Topliss-reactive ketones (excluding diaryl/α,β-unsaturated/α-hetero) is 6. The van der Waals surface area contributed by atoms with Gasteiger partial charge in [-0.3, -0.25) is 33.6 Å². The molecule has 3 spiro atoms. The molecule has 0 saturated heterocycles. The van der Waals surface area contributed by atoms with Crippen molar-refractivity contribution in [2.75, 3.05) is 0 Å². The van der Waals surface area contributed by atoms with Crippen molar-refractivity contribution in [3.8, 4) is 0 Å². The summed E-state index contributed by atoms with van der Waals surface area (Å²) in [5.74, 6) is -3.85. The standard InChI is InChI=1S/C58H30O9/c1-27-46-51(62)37-23-11-13-25-39(37)56(46)47-42(44-41(31-17-5-8-20-34(31)53(44)66-28(2)59)45-49(60)32-18-6-7-19-33(32)50(45)61)29-15-3-4-16-30(29)43(47)48-52(63)38-24-12-14-26-40(38)58(48,67-27)57(56)54(64)35-21-9-10-22-36(35)55(57)65/h3-26H,1-2H3. The van der Waals surface area contributed by atoms with Crippen molar-refractivity contribution in [3.05, 3.63) is 246 Å². The lowest BCUT2D eigenvalue weighted by atomic mass is 9.40. The van der Waals surface area contributed by atoms with Crippen molar-refractivity contribution in [1.29, 1.82) is 0 Å². The Morgan fingerprint density at radius 3 is 1.42 bits per heavy atom. The molecule has 0 aromatic heterocycles. The quantitative estimate of drug-likeness (QED) is 0.0721. The highest BCUT2D eigenvalue weighted by Gasteiger charge is 2.88. The molecule has 1 heterocycles. The molecule has 9 heteroatoms. The second-order valence-electron chi connectivity index (χ2n) is 18.0. The van der Waals surface area contributed by atoms with Gasteiger partial charge in [-0.2, -0.15) is 0 Å². The van der Waals surface area contributed by atoms with Crippen molar-refractivity contribution in [2.24, 2.45) is 5.41 Å². The molecule has 0 fully saturated rings. The first-order chi connectivity index (χ1) is 32.5. The van der Waals surface area contributed by atoms with Crippen molar-refractivity contribution in [3.63, 3.8) is 0 Å². The van der Waals surface area contributed by atoms with Gasteiger partial charge in [-0.1, -0.05) is 146 Å². The van der Waals surface area contributed by atoms with Gasteiger partial charge in [-0.15, -0.1) is 0 Å². The van der Waals surface area contributed by atoms with E-state index in [9.17, 15) is 14.4 Å². The summed E-state index contributed by atoms with van der Waals surface area (Å²) in [6, 6.07) is 41.2. The van der Waals surface area contributed by atoms with Gasteiger partial charge < -0.3 is 9.47 Å². The number of esters is 1. The van der Waals surface area contributed by atoms with Crippen LogP contribution in [0.15, 0.2) is 179 Å². The van der Waals surface area contributed by atoms with Crippen LogP contribution in [0.3, 0.4) is 0 Å². The van der Waals surface area contributed by atoms with E-state index in [4.69, 9.17) is 9.47 Å². The average molecular weight is 871 g/mol. The summed E-state index contributed by atoms with van der Waals surface area (Å²) in [5, 5.41) is 0. The Kier molecular flexibility index (Phi) is 6.83. The number of allylic oxidation sites excluding steroid dienone is 8. The highest BCUT2D eigenvalue weighted by Crippen LogP contribution is 2.81. The summed E-state index contributed by atoms with van der Waals surface area (Å²) >= 11 is 0. The summed E-state index contributed by atoms with van der Waals surface area (Å²) < 4.78 is 13.6. The molecular weight excluding hydrogens is 841 g/mol. The Morgan fingerprint density at radius 2 is 0.851 bits per heavy atom. The van der Waals surface area contributed by atoms with E-state index in [-0.39, 0.29) is 83.9 Å². The minimum atomic E-state index is -2.43. The first-order valence-corrected chi connectivity index (χ1v) is 22.0. The predicted octanol–water partition coefficient (Wildman–Crippen LogP) is 9.64. The average Bonchev–Trinajstić information content (AvgIpc) is 4.10. The minimum absolute atomic E-state index is 0.0216. The molecule has 67 heavy (non-hydrogen) atoms. The second kappa shape index (κ2) is 12.1. The zero-order valence-electron chi connectivity index (χ0n) is 35.5. The van der Waals surface area contributed by atoms with E-state index >= 15 is 19.2 Å². The monoisotopic (exact) mass is 870 g/mol. The molecule has 0 N–H and O–H groups in total. The van der Waals surface area contributed by atoms with E-state index in [0.717, 1.165) is 0 Å². The molecule has 14 rings (SSSR count). The maximum absolute atomic E-state index is 16.6. The van der Waals surface area contributed by atoms with Gasteiger partial charge in [-0.05, 0) is 45.9 Å². The highest BCUT2D eigenvalue weighted by atomic mass is 16.5. The van der Waals surface area contributed by atoms with Gasteiger partial charge in [0.05, 0.1) is 22.1 Å². The molecule has 8 aliphatic rings. The van der Waals surface area contributed by atoms with Crippen LogP contribution in [-0.4, -0.2) is 40.7 Å². The fourth-order valence-electron chi connectivity index (χ4n) is 13.3. The third kappa shape index (κ3) is 3.82. The summed E-state index contributed by atoms with van der Waals surface area (Å²) in [5.41, 5.74) is -1.91. The Hall–Kier alpha value is -8.69. The van der Waals surface area contributed by atoms with Gasteiger partial charge in [0.1, 0.15) is 11.5 Å². The summed E-state index contributed by atoms with van der Waals surface area (Å²) in [7, 11) is 0. The van der Waals surface area contributed by atoms with Crippen LogP contribution in [0.4, 0.5) is 0 Å². The number of ether oxygens (including phenoxy) is 2. The summed E-state index contributed by atoms with van der Waals surface area (Å²) in [4.78, 5) is 108. The number of hydrogen-bond donors (Lipinski definition) is 0. The zero-order chi connectivity index (χ0) is 45.6. The molecule has 2 bridgehead atoms. The number of hydrogen-bond acceptors (Lipinski definition) is 9. The number of rotatable bonds is 2. The van der Waals surface area contributed by atoms with E-state index in [2.05, 4.69) is 0 Å². The SMILES string of the molecule is CC(=O)OC1=C(C2=C3C(=C4C(=O)c5ccccc5C45OC(C)=C4C(=O)c6ccccc6C43C53C(=O)c4ccccc4C3=O)c3ccccc32)C(=C2C(=O)c3ccccc3C2=O)c2ccccc21. The number of fused-ring (bicyclic) bond motifs is 8. The molecule has 9 nitrogen and oxygen atoms in total. The lowest BCUT2D eigenvalue weighted by molar-refractivity contribution is -0.134. The molecule has 2 unspecified atom stereocenters. The van der Waals surface area contributed by atoms with Crippen LogP contribution in [0, 0.1) is 5.41 Å². The largest absolute Gasteiger partial charge is 0.480 e. The Balaban J connectivity index is 1.28. The molecule has 6 aromatic carbocycles. The van der Waals surface area contributed by atoms with Crippen LogP contribution in [0.5, 0.6) is 0 Å². The number of carbonyl (C=O) groups excluding carboxylic acids is 7. The first-order valence-electron chi connectivity index (χ1n) is 22.0. The third-order valence-electron chi connectivity index (χ3n) is 15.3. The van der Waals surface area contributed by atoms with Gasteiger partial charge >= 0.3 is 5.97 Å². The lowest BCUT2D eigenvalue weighted by Gasteiger charge is -2.61. The van der Waals surface area contributed by atoms with E-state index < -0.39 is 57.1 Å². The molecule has 6 aromatic rings. The maximum atomic E-state index is 16.6. The summed E-state index contributed by atoms with van der Waals surface area (Å²) in [6.45, 7) is 2.90. The van der Waals surface area contributed by atoms with Gasteiger partial charge in [0.25, 0.3) is 0 Å². The van der Waals surface area contributed by atoms with Gasteiger partial charge in [0.15, 0.2) is 45.7 Å². The molecule has 0 saturated carbocycles. The van der Waals surface area contributed by atoms with Crippen LogP contribution >= 0.6 is 0 Å². The fourth-order valence-corrected chi connectivity index (χ4v) is 13.3. The van der Waals surface area contributed by atoms with Crippen molar-refractivity contribution < 1.29 is 43.0 Å². The smallest absolute Gasteiger partial charge is 0.308 e. The number of ketones is 6. The van der Waals surface area contributed by atoms with E-state index in [1.807, 2.05) is 18.2 Å². The van der Waals surface area contributed by atoms with Crippen LogP contribution < -0.4 is 0 Å². The molecule has 7 aliphatic carbocycles. The molecule has 316 valence electrons. The van der Waals surface area contributed by atoms with Gasteiger partial charge in [0, 0.05) is 62.6 Å². The zero-order valence-corrected chi connectivity index (χ0v) is 35.5. The van der Waals surface area contributed by atoms with Gasteiger partial charge in [-0.25, -0.2) is 0 Å². The predicted molar refractivity (Wildman–Crippen MR) is 244 cm³/mol. The normalized spacial score (nSPS) is 22.8. The lowest BCUT2D eigenvalue weighted by Crippen LogP contribution is -2.70. The van der Waals surface area contributed by atoms with Crippen molar-refractivity contribution in [2.45, 2.75) is 24.9 Å². The van der Waals surface area contributed by atoms with Crippen LogP contribution in [0.25, 0.3) is 22.5 Å². The van der Waals surface area contributed by atoms with E-state index in [1.54, 1.807) is 134 Å². The topological polar surface area (TPSA) is 138 Å². The van der Waals surface area contributed by atoms with E-state index in [0.29, 0.717) is 39.0 Å². The Labute approximate surface area is 381 Å². The Bertz CT molecular complexity index is 3740. The van der Waals surface area contributed by atoms with E-state index in [1.165, 1.54) is 6.92 Å². The Morgan fingerprint density at radius 1 is 0.418 bits per heavy atom. The minimum Gasteiger partial charge on any atom is -0.480 e. The fraction of sp³-hybridized carbons (Fsp3) is 0.0862. The second-order valence-corrected chi connectivity index (χ2v) is 18.0. The first kappa shape index (κ1) is 37.7. The molecular formula is C58H30O9. The number of benzene rings is 6. The van der Waals surface area contributed by atoms with Crippen LogP contribution in [-0.2, 0) is 25.3 Å². The number of carbonyl (C=O) groups is 7. The molecule has 0 amide bonds. The highest BCUT2D eigenvalue weighted by molar-refractivity contribution is 6.45. The van der Waals surface area contributed by atoms with Crippen LogP contribution in [0.2, 0.25) is 0 Å². The van der Waals surface area contributed by atoms with Gasteiger partial charge in [0.2, 0.25) is 0 Å². The van der Waals surface area contributed by atoms with Crippen molar-refractivity contribution in [1.82, 2.24) is 0 Å². The summed E-state index contributed by atoms with van der Waals surface area (Å²) in [6.07, 6.45) is 0. The molecule has 1 aliphatic heterocycles. The third-order valence-corrected chi connectivity index (χ3v) is 15.3. The molecule has 2 atom stereocenters. The maximum Gasteiger partial charge on any atom is 0.308 e.